The van der Waals surface area contributed by atoms with Crippen LogP contribution in [0.5, 0.6) is 0 Å². The van der Waals surface area contributed by atoms with Crippen LogP contribution in [0.15, 0.2) is 10.4 Å². The summed E-state index contributed by atoms with van der Waals surface area (Å²) < 4.78 is 37.5. The summed E-state index contributed by atoms with van der Waals surface area (Å²) in [6, 6.07) is 0.482. The Bertz CT molecular complexity index is 529. The van der Waals surface area contributed by atoms with Crippen LogP contribution in [0.2, 0.25) is 0 Å². The van der Waals surface area contributed by atoms with Gasteiger partial charge in [0.15, 0.2) is 11.7 Å². The van der Waals surface area contributed by atoms with Crippen LogP contribution in [0.25, 0.3) is 0 Å². The maximum Gasteiger partial charge on any atom is 0.434 e. The second-order valence-corrected chi connectivity index (χ2v) is 6.30. The molecule has 23 heavy (non-hydrogen) atoms. The van der Waals surface area contributed by atoms with Gasteiger partial charge in [-0.15, -0.1) is 11.3 Å². The zero-order valence-electron chi connectivity index (χ0n) is 13.3. The molecule has 1 fully saturated rings. The van der Waals surface area contributed by atoms with Crippen molar-refractivity contribution in [3.05, 3.63) is 16.1 Å². The Hall–Kier alpha value is -1.35. The van der Waals surface area contributed by atoms with Gasteiger partial charge in [-0.2, -0.15) is 13.2 Å². The van der Waals surface area contributed by atoms with Crippen LogP contribution >= 0.6 is 11.3 Å². The number of nitrogens with zero attached hydrogens (tertiary/aromatic N) is 3. The van der Waals surface area contributed by atoms with Gasteiger partial charge in [-0.1, -0.05) is 6.92 Å². The lowest BCUT2D eigenvalue weighted by atomic mass is 10.2. The summed E-state index contributed by atoms with van der Waals surface area (Å²) in [5.41, 5.74) is -0.841. The number of rotatable bonds is 5. The van der Waals surface area contributed by atoms with Crippen molar-refractivity contribution in [2.24, 2.45) is 4.99 Å². The van der Waals surface area contributed by atoms with Crippen molar-refractivity contribution < 1.29 is 13.2 Å². The molecule has 1 aliphatic heterocycles. The van der Waals surface area contributed by atoms with E-state index in [4.69, 9.17) is 0 Å². The first-order valence-corrected chi connectivity index (χ1v) is 8.52. The molecule has 0 aliphatic carbocycles. The summed E-state index contributed by atoms with van der Waals surface area (Å²) in [7, 11) is 1.64. The normalized spacial score (nSPS) is 20.0. The highest BCUT2D eigenvalue weighted by atomic mass is 32.1. The molecular formula is C14H22F3N5S. The first-order chi connectivity index (χ1) is 10.9. The zero-order chi connectivity index (χ0) is 16.9. The first-order valence-electron chi connectivity index (χ1n) is 7.64. The van der Waals surface area contributed by atoms with Gasteiger partial charge >= 0.3 is 6.18 Å². The smallest absolute Gasteiger partial charge is 0.355 e. The van der Waals surface area contributed by atoms with E-state index in [1.807, 2.05) is 0 Å². The molecular weight excluding hydrogens is 327 g/mol. The summed E-state index contributed by atoms with van der Waals surface area (Å²) in [6.45, 7) is 5.29. The fourth-order valence-corrected chi connectivity index (χ4v) is 3.40. The summed E-state index contributed by atoms with van der Waals surface area (Å²) in [6.07, 6.45) is -2.04. The quantitative estimate of drug-likeness (QED) is 0.633. The molecule has 2 N–H and O–H groups in total. The molecule has 0 amide bonds. The number of nitrogens with one attached hydrogen (secondary N) is 2. The van der Waals surface area contributed by atoms with Gasteiger partial charge in [-0.3, -0.25) is 9.89 Å². The lowest BCUT2D eigenvalue weighted by molar-refractivity contribution is -0.140. The monoisotopic (exact) mass is 349 g/mol. The minimum absolute atomic E-state index is 0.225. The predicted octanol–water partition coefficient (Wildman–Crippen LogP) is 2.31. The van der Waals surface area contributed by atoms with Gasteiger partial charge in [0.25, 0.3) is 0 Å². The van der Waals surface area contributed by atoms with Crippen molar-refractivity contribution in [2.45, 2.75) is 38.5 Å². The van der Waals surface area contributed by atoms with Crippen LogP contribution in [-0.4, -0.2) is 48.6 Å². The Balaban J connectivity index is 1.80. The molecule has 9 heteroatoms. The number of guanidine groups is 1. The van der Waals surface area contributed by atoms with Gasteiger partial charge < -0.3 is 10.6 Å². The number of likely N-dealkylation sites (tertiary alicyclic amines) is 1. The maximum absolute atomic E-state index is 12.5. The Morgan fingerprint density at radius 1 is 1.48 bits per heavy atom. The van der Waals surface area contributed by atoms with E-state index < -0.39 is 11.9 Å². The highest BCUT2D eigenvalue weighted by Crippen LogP contribution is 2.29. The lowest BCUT2D eigenvalue weighted by Gasteiger charge is -2.23. The molecule has 1 atom stereocenters. The number of aromatic nitrogens is 1. The SMILES string of the molecule is CCN1CCCC1CNC(=NC)NCc1nc(C(F)(F)F)cs1. The van der Waals surface area contributed by atoms with E-state index in [-0.39, 0.29) is 6.54 Å². The molecule has 0 aromatic carbocycles. The standard InChI is InChI=1S/C14H22F3N5S/c1-3-22-6-4-5-10(22)7-19-13(18-2)20-8-12-21-11(9-23-12)14(15,16)17/h9-10H,3-8H2,1-2H3,(H2,18,19,20). The molecule has 2 rings (SSSR count). The number of hydrogen-bond donors (Lipinski definition) is 2. The van der Waals surface area contributed by atoms with Crippen LogP contribution in [0.1, 0.15) is 30.5 Å². The van der Waals surface area contributed by atoms with Crippen molar-refractivity contribution in [3.63, 3.8) is 0 Å². The van der Waals surface area contributed by atoms with Crippen molar-refractivity contribution >= 4 is 17.3 Å². The van der Waals surface area contributed by atoms with E-state index in [0.29, 0.717) is 17.0 Å². The first kappa shape index (κ1) is 18.0. The largest absolute Gasteiger partial charge is 0.434 e. The van der Waals surface area contributed by atoms with E-state index in [2.05, 4.69) is 32.4 Å². The van der Waals surface area contributed by atoms with Crippen LogP contribution < -0.4 is 10.6 Å². The number of aliphatic imine (C=N–C) groups is 1. The van der Waals surface area contributed by atoms with Crippen molar-refractivity contribution in [1.82, 2.24) is 20.5 Å². The Kier molecular flexibility index (Phi) is 6.23. The summed E-state index contributed by atoms with van der Waals surface area (Å²) >= 11 is 0.992. The molecule has 0 saturated carbocycles. The third-order valence-corrected chi connectivity index (χ3v) is 4.73. The highest BCUT2D eigenvalue weighted by molar-refractivity contribution is 7.09. The van der Waals surface area contributed by atoms with Crippen LogP contribution in [-0.2, 0) is 12.7 Å². The second-order valence-electron chi connectivity index (χ2n) is 5.36. The third kappa shape index (κ3) is 5.07. The van der Waals surface area contributed by atoms with Gasteiger partial charge in [-0.05, 0) is 25.9 Å². The molecule has 1 saturated heterocycles. The zero-order valence-corrected chi connectivity index (χ0v) is 14.1. The average Bonchev–Trinajstić information content (AvgIpc) is 3.15. The van der Waals surface area contributed by atoms with Crippen LogP contribution in [0.4, 0.5) is 13.2 Å². The van der Waals surface area contributed by atoms with Crippen molar-refractivity contribution in [1.29, 1.82) is 0 Å². The number of halogens is 3. The Morgan fingerprint density at radius 3 is 2.87 bits per heavy atom. The van der Waals surface area contributed by atoms with Crippen LogP contribution in [0.3, 0.4) is 0 Å². The van der Waals surface area contributed by atoms with Gasteiger partial charge in [0.1, 0.15) is 5.01 Å². The maximum atomic E-state index is 12.5. The Labute approximate surface area is 138 Å². The highest BCUT2D eigenvalue weighted by Gasteiger charge is 2.33. The fourth-order valence-electron chi connectivity index (χ4n) is 2.66. The van der Waals surface area contributed by atoms with Gasteiger partial charge in [0, 0.05) is 25.0 Å². The lowest BCUT2D eigenvalue weighted by Crippen LogP contribution is -2.44. The van der Waals surface area contributed by atoms with Gasteiger partial charge in [0.05, 0.1) is 6.54 Å². The fraction of sp³-hybridized carbons (Fsp3) is 0.714. The minimum Gasteiger partial charge on any atom is -0.355 e. The van der Waals surface area contributed by atoms with Crippen molar-refractivity contribution in [3.8, 4) is 0 Å². The number of hydrogen-bond acceptors (Lipinski definition) is 4. The molecule has 0 radical (unpaired) electrons. The molecule has 0 spiro atoms. The van der Waals surface area contributed by atoms with E-state index in [9.17, 15) is 13.2 Å². The molecule has 130 valence electrons. The molecule has 1 unspecified atom stereocenters. The summed E-state index contributed by atoms with van der Waals surface area (Å²) in [5, 5.41) is 7.66. The number of thiazole rings is 1. The van der Waals surface area contributed by atoms with Gasteiger partial charge in [-0.25, -0.2) is 4.98 Å². The topological polar surface area (TPSA) is 52.5 Å². The second kappa shape index (κ2) is 7.96. The van der Waals surface area contributed by atoms with E-state index in [1.54, 1.807) is 7.05 Å². The Morgan fingerprint density at radius 2 is 2.26 bits per heavy atom. The van der Waals surface area contributed by atoms with E-state index in [1.165, 1.54) is 6.42 Å². The molecule has 2 heterocycles. The number of likely N-dealkylation sites (N-methyl/N-ethyl adjacent to an activating group) is 1. The molecule has 5 nitrogen and oxygen atoms in total. The molecule has 1 aromatic rings. The summed E-state index contributed by atoms with van der Waals surface area (Å²) in [4.78, 5) is 10.1. The molecule has 0 bridgehead atoms. The van der Waals surface area contributed by atoms with Gasteiger partial charge in [0.2, 0.25) is 0 Å². The van der Waals surface area contributed by atoms with E-state index >= 15 is 0 Å². The molecule has 1 aromatic heterocycles. The third-order valence-electron chi connectivity index (χ3n) is 3.88. The van der Waals surface area contributed by atoms with Crippen LogP contribution in [0, 0.1) is 0 Å². The van der Waals surface area contributed by atoms with Crippen molar-refractivity contribution in [2.75, 3.05) is 26.7 Å². The molecule has 1 aliphatic rings. The average molecular weight is 349 g/mol. The number of alkyl halides is 3. The predicted molar refractivity (Wildman–Crippen MR) is 85.6 cm³/mol. The van der Waals surface area contributed by atoms with E-state index in [0.717, 1.165) is 42.8 Å². The minimum atomic E-state index is -4.39. The summed E-state index contributed by atoms with van der Waals surface area (Å²) in [5.74, 6) is 0.580.